The van der Waals surface area contributed by atoms with Crippen molar-refractivity contribution >= 4 is 29.9 Å². The number of aryl methyl sites for hydroxylation is 1. The van der Waals surface area contributed by atoms with E-state index in [0.717, 1.165) is 23.0 Å². The zero-order valence-corrected chi connectivity index (χ0v) is 18.1. The molecule has 0 heterocycles. The zero-order chi connectivity index (χ0) is 18.1. The molecule has 142 valence electrons. The smallest absolute Gasteiger partial charge is 0.191 e. The second-order valence-electron chi connectivity index (χ2n) is 5.90. The molecule has 0 aliphatic rings. The molecule has 0 amide bonds. The Morgan fingerprint density at radius 2 is 1.81 bits per heavy atom. The minimum atomic E-state index is 0. The molecule has 2 aromatic carbocycles. The van der Waals surface area contributed by atoms with Crippen molar-refractivity contribution in [3.8, 4) is 11.5 Å². The molecule has 0 aliphatic heterocycles. The van der Waals surface area contributed by atoms with Gasteiger partial charge in [0.1, 0.15) is 17.6 Å². The first-order valence-electron chi connectivity index (χ1n) is 8.41. The summed E-state index contributed by atoms with van der Waals surface area (Å²) in [5.74, 6) is 2.46. The van der Waals surface area contributed by atoms with Crippen molar-refractivity contribution in [1.82, 2.24) is 10.6 Å². The maximum Gasteiger partial charge on any atom is 0.191 e. The summed E-state index contributed by atoms with van der Waals surface area (Å²) in [4.78, 5) is 4.24. The topological polar surface area (TPSA) is 54.9 Å². The van der Waals surface area contributed by atoms with Gasteiger partial charge in [0.15, 0.2) is 5.96 Å². The average molecular weight is 469 g/mol. The number of nitrogens with one attached hydrogen (secondary N) is 2. The van der Waals surface area contributed by atoms with Gasteiger partial charge in [-0.15, -0.1) is 24.0 Å². The Morgan fingerprint density at radius 3 is 2.46 bits per heavy atom. The first-order valence-corrected chi connectivity index (χ1v) is 8.41. The maximum absolute atomic E-state index is 5.90. The molecule has 26 heavy (non-hydrogen) atoms. The Morgan fingerprint density at radius 1 is 1.08 bits per heavy atom. The van der Waals surface area contributed by atoms with Crippen molar-refractivity contribution in [2.75, 3.05) is 20.7 Å². The van der Waals surface area contributed by atoms with E-state index in [-0.39, 0.29) is 30.1 Å². The van der Waals surface area contributed by atoms with Gasteiger partial charge in [0.25, 0.3) is 0 Å². The number of hydrogen-bond donors (Lipinski definition) is 2. The lowest BCUT2D eigenvalue weighted by Gasteiger charge is -2.18. The summed E-state index contributed by atoms with van der Waals surface area (Å²) >= 11 is 0. The van der Waals surface area contributed by atoms with Gasteiger partial charge < -0.3 is 20.1 Å². The number of guanidine groups is 1. The molecule has 0 saturated heterocycles. The molecule has 0 aliphatic carbocycles. The van der Waals surface area contributed by atoms with E-state index in [4.69, 9.17) is 9.47 Å². The third kappa shape index (κ3) is 7.51. The Bertz CT molecular complexity index is 690. The summed E-state index contributed by atoms with van der Waals surface area (Å²) in [6.45, 7) is 5.42. The lowest BCUT2D eigenvalue weighted by Crippen LogP contribution is -2.41. The molecule has 2 aromatic rings. The molecule has 1 atom stereocenters. The van der Waals surface area contributed by atoms with Crippen molar-refractivity contribution in [1.29, 1.82) is 0 Å². The molecule has 0 spiro atoms. The zero-order valence-electron chi connectivity index (χ0n) is 15.8. The van der Waals surface area contributed by atoms with E-state index in [0.29, 0.717) is 13.1 Å². The second-order valence-corrected chi connectivity index (χ2v) is 5.90. The van der Waals surface area contributed by atoms with E-state index in [1.165, 1.54) is 5.56 Å². The fraction of sp³-hybridized carbons (Fsp3) is 0.350. The van der Waals surface area contributed by atoms with Crippen LogP contribution < -0.4 is 20.1 Å². The van der Waals surface area contributed by atoms with Crippen molar-refractivity contribution < 1.29 is 9.47 Å². The van der Waals surface area contributed by atoms with Crippen LogP contribution in [0.25, 0.3) is 0 Å². The van der Waals surface area contributed by atoms with Crippen LogP contribution in [0.3, 0.4) is 0 Å². The van der Waals surface area contributed by atoms with Gasteiger partial charge in [-0.2, -0.15) is 0 Å². The number of benzene rings is 2. The average Bonchev–Trinajstić information content (AvgIpc) is 2.64. The second kappa shape index (κ2) is 11.6. The van der Waals surface area contributed by atoms with Crippen molar-refractivity contribution in [2.45, 2.75) is 26.5 Å². The first-order chi connectivity index (χ1) is 12.1. The van der Waals surface area contributed by atoms with Crippen LogP contribution in [0.4, 0.5) is 0 Å². The highest BCUT2D eigenvalue weighted by Crippen LogP contribution is 2.13. The summed E-state index contributed by atoms with van der Waals surface area (Å²) in [6, 6.07) is 16.0. The highest BCUT2D eigenvalue weighted by Gasteiger charge is 2.06. The summed E-state index contributed by atoms with van der Waals surface area (Å²) in [6.07, 6.45) is 0.0260. The van der Waals surface area contributed by atoms with Gasteiger partial charge in [-0.25, -0.2) is 0 Å². The largest absolute Gasteiger partial charge is 0.497 e. The molecule has 0 fully saturated rings. The van der Waals surface area contributed by atoms with E-state index in [2.05, 4.69) is 22.5 Å². The molecule has 2 N–H and O–H groups in total. The van der Waals surface area contributed by atoms with Crippen LogP contribution in [-0.2, 0) is 6.54 Å². The summed E-state index contributed by atoms with van der Waals surface area (Å²) < 4.78 is 11.1. The Labute approximate surface area is 173 Å². The van der Waals surface area contributed by atoms with Gasteiger partial charge in [-0.3, -0.25) is 4.99 Å². The van der Waals surface area contributed by atoms with Gasteiger partial charge >= 0.3 is 0 Å². The van der Waals surface area contributed by atoms with Crippen molar-refractivity contribution in [3.63, 3.8) is 0 Å². The molecule has 6 heteroatoms. The van der Waals surface area contributed by atoms with E-state index in [1.807, 2.05) is 55.5 Å². The molecule has 0 radical (unpaired) electrons. The van der Waals surface area contributed by atoms with E-state index in [9.17, 15) is 0 Å². The molecule has 0 saturated carbocycles. The molecule has 5 nitrogen and oxygen atoms in total. The van der Waals surface area contributed by atoms with E-state index in [1.54, 1.807) is 14.2 Å². The van der Waals surface area contributed by atoms with Crippen LogP contribution in [0.1, 0.15) is 18.1 Å². The van der Waals surface area contributed by atoms with Crippen LogP contribution in [0.5, 0.6) is 11.5 Å². The number of rotatable bonds is 7. The minimum Gasteiger partial charge on any atom is -0.497 e. The SMILES string of the molecule is CN=C(NCc1cccc(OC)c1)NCC(C)Oc1ccc(C)cc1.I. The third-order valence-corrected chi connectivity index (χ3v) is 3.73. The van der Waals surface area contributed by atoms with Crippen molar-refractivity contribution in [3.05, 3.63) is 59.7 Å². The monoisotopic (exact) mass is 469 g/mol. The van der Waals surface area contributed by atoms with Crippen LogP contribution in [0.15, 0.2) is 53.5 Å². The van der Waals surface area contributed by atoms with E-state index < -0.39 is 0 Å². The van der Waals surface area contributed by atoms with Gasteiger partial charge in [0.05, 0.1) is 13.7 Å². The normalized spacial score (nSPS) is 11.9. The van der Waals surface area contributed by atoms with Crippen LogP contribution in [-0.4, -0.2) is 32.8 Å². The van der Waals surface area contributed by atoms with E-state index >= 15 is 0 Å². The summed E-state index contributed by atoms with van der Waals surface area (Å²) in [5.41, 5.74) is 2.35. The lowest BCUT2D eigenvalue weighted by atomic mass is 10.2. The lowest BCUT2D eigenvalue weighted by molar-refractivity contribution is 0.224. The Hall–Kier alpha value is -1.96. The molecule has 2 rings (SSSR count). The molecular formula is C20H28IN3O2. The summed E-state index contributed by atoms with van der Waals surface area (Å²) in [7, 11) is 3.43. The standard InChI is InChI=1S/C20H27N3O2.HI/c1-15-8-10-18(11-9-15)25-16(2)13-22-20(21-3)23-14-17-6-5-7-19(12-17)24-4;/h5-12,16H,13-14H2,1-4H3,(H2,21,22,23);1H. The van der Waals surface area contributed by atoms with Gasteiger partial charge in [-0.05, 0) is 43.7 Å². The predicted octanol–water partition coefficient (Wildman–Crippen LogP) is 3.75. The van der Waals surface area contributed by atoms with Gasteiger partial charge in [0.2, 0.25) is 0 Å². The molecule has 1 unspecified atom stereocenters. The minimum absolute atomic E-state index is 0. The predicted molar refractivity (Wildman–Crippen MR) is 118 cm³/mol. The highest BCUT2D eigenvalue weighted by atomic mass is 127. The summed E-state index contributed by atoms with van der Waals surface area (Å²) in [5, 5.41) is 6.57. The first kappa shape index (κ1) is 22.1. The Balaban J connectivity index is 0.00000338. The molecule has 0 bridgehead atoms. The van der Waals surface area contributed by atoms with Crippen LogP contribution >= 0.6 is 24.0 Å². The fourth-order valence-electron chi connectivity index (χ4n) is 2.32. The number of ether oxygens (including phenoxy) is 2. The van der Waals surface area contributed by atoms with Gasteiger partial charge in [0, 0.05) is 13.6 Å². The van der Waals surface area contributed by atoms with Crippen LogP contribution in [0, 0.1) is 6.92 Å². The third-order valence-electron chi connectivity index (χ3n) is 3.73. The number of nitrogens with zero attached hydrogens (tertiary/aromatic N) is 1. The number of hydrogen-bond acceptors (Lipinski definition) is 3. The fourth-order valence-corrected chi connectivity index (χ4v) is 2.32. The Kier molecular flexibility index (Phi) is 9.87. The number of halogens is 1. The molecule has 0 aromatic heterocycles. The molecular weight excluding hydrogens is 441 g/mol. The maximum atomic E-state index is 5.90. The number of aliphatic imine (C=N–C) groups is 1. The highest BCUT2D eigenvalue weighted by molar-refractivity contribution is 14.0. The quantitative estimate of drug-likeness (QED) is 0.369. The van der Waals surface area contributed by atoms with Crippen molar-refractivity contribution in [2.24, 2.45) is 4.99 Å². The van der Waals surface area contributed by atoms with Gasteiger partial charge in [-0.1, -0.05) is 29.8 Å². The van der Waals surface area contributed by atoms with Crippen LogP contribution in [0.2, 0.25) is 0 Å². The number of methoxy groups -OCH3 is 1.